The van der Waals surface area contributed by atoms with Crippen molar-refractivity contribution in [1.29, 1.82) is 0 Å². The number of aliphatic carboxylic acids is 1. The number of amides is 1. The zero-order valence-corrected chi connectivity index (χ0v) is 11.2. The lowest BCUT2D eigenvalue weighted by atomic mass is 9.67. The predicted molar refractivity (Wildman–Crippen MR) is 68.0 cm³/mol. The van der Waals surface area contributed by atoms with Crippen LogP contribution < -0.4 is 5.32 Å². The van der Waals surface area contributed by atoms with Gasteiger partial charge in [-0.25, -0.2) is 0 Å². The highest BCUT2D eigenvalue weighted by molar-refractivity contribution is 6.02. The molecule has 102 valence electrons. The molecule has 2 aliphatic rings. The molecule has 0 aromatic heterocycles. The van der Waals surface area contributed by atoms with Crippen molar-refractivity contribution < 1.29 is 14.7 Å². The summed E-state index contributed by atoms with van der Waals surface area (Å²) in [5, 5.41) is 12.4. The molecule has 18 heavy (non-hydrogen) atoms. The van der Waals surface area contributed by atoms with Crippen LogP contribution in [0.5, 0.6) is 0 Å². The number of carbonyl (C=O) groups is 2. The molecule has 0 aromatic rings. The van der Waals surface area contributed by atoms with E-state index in [9.17, 15) is 14.7 Å². The number of hydrogen-bond acceptors (Lipinski definition) is 2. The molecule has 4 nitrogen and oxygen atoms in total. The Bertz CT molecular complexity index is 343. The molecule has 2 fully saturated rings. The van der Waals surface area contributed by atoms with Crippen molar-refractivity contribution >= 4 is 11.9 Å². The van der Waals surface area contributed by atoms with Gasteiger partial charge in [-0.15, -0.1) is 0 Å². The zero-order chi connectivity index (χ0) is 13.3. The summed E-state index contributed by atoms with van der Waals surface area (Å²) < 4.78 is 0. The molecule has 0 aromatic carbocycles. The number of carboxylic acids is 1. The average molecular weight is 253 g/mol. The van der Waals surface area contributed by atoms with Gasteiger partial charge in [-0.05, 0) is 44.4 Å². The fraction of sp³-hybridized carbons (Fsp3) is 0.857. The lowest BCUT2D eigenvalue weighted by Crippen LogP contribution is -2.50. The molecule has 1 atom stereocenters. The summed E-state index contributed by atoms with van der Waals surface area (Å²) in [4.78, 5) is 23.8. The standard InChI is InChI=1S/C14H23NO3/c1-9-3-5-10(6-4-9)14(2,13(17)18)12(16)15-11-7-8-11/h9-11H,3-8H2,1-2H3,(H,15,16)(H,17,18). The van der Waals surface area contributed by atoms with E-state index in [1.54, 1.807) is 6.92 Å². The van der Waals surface area contributed by atoms with Crippen LogP contribution in [0.3, 0.4) is 0 Å². The minimum absolute atomic E-state index is 0.0232. The topological polar surface area (TPSA) is 66.4 Å². The molecule has 0 aliphatic heterocycles. The summed E-state index contributed by atoms with van der Waals surface area (Å²) in [5.74, 6) is -0.618. The fourth-order valence-corrected chi connectivity index (χ4v) is 2.86. The Kier molecular flexibility index (Phi) is 3.64. The highest BCUT2D eigenvalue weighted by Gasteiger charge is 2.49. The highest BCUT2D eigenvalue weighted by Crippen LogP contribution is 2.41. The number of nitrogens with one attached hydrogen (secondary N) is 1. The van der Waals surface area contributed by atoms with Crippen molar-refractivity contribution in [2.24, 2.45) is 17.3 Å². The van der Waals surface area contributed by atoms with E-state index in [1.807, 2.05) is 0 Å². The summed E-state index contributed by atoms with van der Waals surface area (Å²) >= 11 is 0. The summed E-state index contributed by atoms with van der Waals surface area (Å²) in [7, 11) is 0. The maximum absolute atomic E-state index is 12.2. The van der Waals surface area contributed by atoms with Gasteiger partial charge in [0.25, 0.3) is 0 Å². The maximum atomic E-state index is 12.2. The molecule has 0 radical (unpaired) electrons. The first-order valence-electron chi connectivity index (χ1n) is 6.99. The molecular formula is C14H23NO3. The monoisotopic (exact) mass is 253 g/mol. The van der Waals surface area contributed by atoms with Crippen molar-refractivity contribution in [3.8, 4) is 0 Å². The van der Waals surface area contributed by atoms with Gasteiger partial charge in [0.1, 0.15) is 5.41 Å². The summed E-state index contributed by atoms with van der Waals surface area (Å²) in [6, 6.07) is 0.221. The smallest absolute Gasteiger partial charge is 0.319 e. The second kappa shape index (κ2) is 4.90. The maximum Gasteiger partial charge on any atom is 0.319 e. The van der Waals surface area contributed by atoms with Crippen molar-refractivity contribution in [3.63, 3.8) is 0 Å². The van der Waals surface area contributed by atoms with Gasteiger partial charge in [-0.1, -0.05) is 19.8 Å². The Morgan fingerprint density at radius 1 is 1.11 bits per heavy atom. The fourth-order valence-electron chi connectivity index (χ4n) is 2.86. The molecule has 2 saturated carbocycles. The van der Waals surface area contributed by atoms with Crippen LogP contribution in [0.2, 0.25) is 0 Å². The second-order valence-corrected chi connectivity index (χ2v) is 6.21. The minimum Gasteiger partial charge on any atom is -0.480 e. The Balaban J connectivity index is 2.09. The van der Waals surface area contributed by atoms with Gasteiger partial charge in [0.2, 0.25) is 5.91 Å². The molecule has 0 bridgehead atoms. The normalized spacial score (nSPS) is 31.4. The number of carboxylic acid groups (broad SMARTS) is 1. The molecule has 2 N–H and O–H groups in total. The molecule has 2 aliphatic carbocycles. The largest absolute Gasteiger partial charge is 0.480 e. The molecule has 0 heterocycles. The minimum atomic E-state index is -1.25. The quantitative estimate of drug-likeness (QED) is 0.755. The van der Waals surface area contributed by atoms with Gasteiger partial charge in [0.15, 0.2) is 0 Å². The lowest BCUT2D eigenvalue weighted by molar-refractivity contribution is -0.160. The molecule has 4 heteroatoms. The van der Waals surface area contributed by atoms with E-state index in [4.69, 9.17) is 0 Å². The summed E-state index contributed by atoms with van der Waals surface area (Å²) in [6.07, 6.45) is 5.74. The van der Waals surface area contributed by atoms with Crippen LogP contribution in [0.15, 0.2) is 0 Å². The molecule has 0 saturated heterocycles. The van der Waals surface area contributed by atoms with Gasteiger partial charge in [0, 0.05) is 6.04 Å². The van der Waals surface area contributed by atoms with E-state index in [-0.39, 0.29) is 17.9 Å². The van der Waals surface area contributed by atoms with Gasteiger partial charge in [0.05, 0.1) is 0 Å². The van der Waals surface area contributed by atoms with E-state index in [0.717, 1.165) is 38.5 Å². The predicted octanol–water partition coefficient (Wildman–Crippen LogP) is 2.18. The Hall–Kier alpha value is -1.06. The van der Waals surface area contributed by atoms with E-state index in [0.29, 0.717) is 5.92 Å². The molecule has 1 amide bonds. The molecular weight excluding hydrogens is 230 g/mol. The van der Waals surface area contributed by atoms with Crippen molar-refractivity contribution in [1.82, 2.24) is 5.32 Å². The number of carbonyl (C=O) groups excluding carboxylic acids is 1. The summed E-state index contributed by atoms with van der Waals surface area (Å²) in [5.41, 5.74) is -1.25. The van der Waals surface area contributed by atoms with E-state index < -0.39 is 11.4 Å². The summed E-state index contributed by atoms with van der Waals surface area (Å²) in [6.45, 7) is 3.80. The van der Waals surface area contributed by atoms with E-state index >= 15 is 0 Å². The van der Waals surface area contributed by atoms with Gasteiger partial charge >= 0.3 is 5.97 Å². The van der Waals surface area contributed by atoms with Crippen molar-refractivity contribution in [2.75, 3.05) is 0 Å². The number of rotatable bonds is 4. The van der Waals surface area contributed by atoms with Crippen molar-refractivity contribution in [2.45, 2.75) is 58.4 Å². The van der Waals surface area contributed by atoms with Gasteiger partial charge in [-0.2, -0.15) is 0 Å². The van der Waals surface area contributed by atoms with Crippen LogP contribution in [-0.2, 0) is 9.59 Å². The third kappa shape index (κ3) is 2.52. The van der Waals surface area contributed by atoms with E-state index in [1.165, 1.54) is 0 Å². The molecule has 1 unspecified atom stereocenters. The highest BCUT2D eigenvalue weighted by atomic mass is 16.4. The Morgan fingerprint density at radius 3 is 2.11 bits per heavy atom. The average Bonchev–Trinajstić information content (AvgIpc) is 3.12. The van der Waals surface area contributed by atoms with Crippen molar-refractivity contribution in [3.05, 3.63) is 0 Å². The van der Waals surface area contributed by atoms with Gasteiger partial charge in [-0.3, -0.25) is 9.59 Å². The SMILES string of the molecule is CC1CCC(C(C)(C(=O)O)C(=O)NC2CC2)CC1. The second-order valence-electron chi connectivity index (χ2n) is 6.21. The Morgan fingerprint density at radius 2 is 1.67 bits per heavy atom. The van der Waals surface area contributed by atoms with Crippen LogP contribution in [0.1, 0.15) is 52.4 Å². The first-order chi connectivity index (χ1) is 8.44. The first kappa shape index (κ1) is 13.4. The van der Waals surface area contributed by atoms with Gasteiger partial charge < -0.3 is 10.4 Å². The lowest BCUT2D eigenvalue weighted by Gasteiger charge is -2.36. The molecule has 0 spiro atoms. The first-order valence-corrected chi connectivity index (χ1v) is 6.99. The Labute approximate surface area is 108 Å². The van der Waals surface area contributed by atoms with Crippen LogP contribution in [0.4, 0.5) is 0 Å². The van der Waals surface area contributed by atoms with E-state index in [2.05, 4.69) is 12.2 Å². The molecule has 2 rings (SSSR count). The van der Waals surface area contributed by atoms with Crippen LogP contribution >= 0.6 is 0 Å². The number of hydrogen-bond donors (Lipinski definition) is 2. The van der Waals surface area contributed by atoms with Crippen LogP contribution in [-0.4, -0.2) is 23.0 Å². The third-order valence-electron chi connectivity index (χ3n) is 4.66. The zero-order valence-electron chi connectivity index (χ0n) is 11.2. The van der Waals surface area contributed by atoms with Crippen LogP contribution in [0.25, 0.3) is 0 Å². The third-order valence-corrected chi connectivity index (χ3v) is 4.66. The van der Waals surface area contributed by atoms with Crippen LogP contribution in [0, 0.1) is 17.3 Å².